The van der Waals surface area contributed by atoms with Crippen molar-refractivity contribution in [3.8, 4) is 11.4 Å². The monoisotopic (exact) mass is 409 g/mol. The molecule has 1 N–H and O–H groups in total. The summed E-state index contributed by atoms with van der Waals surface area (Å²) in [6.07, 6.45) is 2.07. The summed E-state index contributed by atoms with van der Waals surface area (Å²) >= 11 is 1.45. The molecule has 1 aromatic carbocycles. The zero-order valence-electron chi connectivity index (χ0n) is 16.4. The van der Waals surface area contributed by atoms with Gasteiger partial charge in [-0.05, 0) is 32.2 Å². The predicted molar refractivity (Wildman–Crippen MR) is 109 cm³/mol. The van der Waals surface area contributed by atoms with Gasteiger partial charge in [-0.1, -0.05) is 29.1 Å². The van der Waals surface area contributed by atoms with Gasteiger partial charge in [-0.15, -0.1) is 5.10 Å². The van der Waals surface area contributed by atoms with Crippen LogP contribution >= 0.6 is 11.8 Å². The fourth-order valence-corrected chi connectivity index (χ4v) is 3.42. The van der Waals surface area contributed by atoms with E-state index in [0.717, 1.165) is 17.0 Å². The highest BCUT2D eigenvalue weighted by molar-refractivity contribution is 7.98. The summed E-state index contributed by atoms with van der Waals surface area (Å²) in [4.78, 5) is 25.9. The number of benzene rings is 1. The summed E-state index contributed by atoms with van der Waals surface area (Å²) in [6, 6.07) is 7.35. The molecule has 0 unspecified atom stereocenters. The molecule has 0 spiro atoms. The maximum Gasteiger partial charge on any atom is 0.253 e. The van der Waals surface area contributed by atoms with Crippen molar-refractivity contribution in [2.45, 2.75) is 32.3 Å². The molecular formula is C19H19N7O2S. The quantitative estimate of drug-likeness (QED) is 0.501. The lowest BCUT2D eigenvalue weighted by atomic mass is 10.1. The average Bonchev–Trinajstić information content (AvgIpc) is 3.31. The van der Waals surface area contributed by atoms with E-state index in [1.165, 1.54) is 11.8 Å². The smallest absolute Gasteiger partial charge is 0.253 e. The molecular weight excluding hydrogens is 390 g/mol. The molecule has 0 aliphatic carbocycles. The van der Waals surface area contributed by atoms with Crippen LogP contribution < -0.4 is 5.32 Å². The van der Waals surface area contributed by atoms with E-state index in [2.05, 4.69) is 30.5 Å². The second kappa shape index (κ2) is 7.63. The van der Waals surface area contributed by atoms with Gasteiger partial charge in [0, 0.05) is 29.4 Å². The van der Waals surface area contributed by atoms with Gasteiger partial charge in [0.2, 0.25) is 22.8 Å². The molecule has 10 heteroatoms. The Kier molecular flexibility index (Phi) is 5.01. The van der Waals surface area contributed by atoms with Gasteiger partial charge in [0.15, 0.2) is 0 Å². The van der Waals surface area contributed by atoms with Gasteiger partial charge in [0.25, 0.3) is 5.78 Å². The molecule has 9 nitrogen and oxygen atoms in total. The average molecular weight is 409 g/mol. The highest BCUT2D eigenvalue weighted by Crippen LogP contribution is 2.26. The SMILES string of the molecule is CSc1nc2nc(C)c(CC(=O)Nc3ccccc3-c3noc(C)n3)c(C)n2n1. The zero-order chi connectivity index (χ0) is 20.5. The van der Waals surface area contributed by atoms with Crippen molar-refractivity contribution in [2.24, 2.45) is 0 Å². The summed E-state index contributed by atoms with van der Waals surface area (Å²) < 4.78 is 6.74. The van der Waals surface area contributed by atoms with Gasteiger partial charge in [-0.3, -0.25) is 4.79 Å². The molecule has 4 rings (SSSR count). The van der Waals surface area contributed by atoms with Crippen LogP contribution in [0.25, 0.3) is 17.2 Å². The summed E-state index contributed by atoms with van der Waals surface area (Å²) in [5.74, 6) is 1.26. The Labute approximate surface area is 171 Å². The highest BCUT2D eigenvalue weighted by atomic mass is 32.2. The number of thioether (sulfide) groups is 1. The number of anilines is 1. The first-order valence-corrected chi connectivity index (χ1v) is 10.1. The van der Waals surface area contributed by atoms with Gasteiger partial charge in [-0.25, -0.2) is 9.50 Å². The number of hydrogen-bond donors (Lipinski definition) is 1. The maximum absolute atomic E-state index is 12.8. The number of fused-ring (bicyclic) bond motifs is 1. The number of hydrogen-bond acceptors (Lipinski definition) is 8. The van der Waals surface area contributed by atoms with Gasteiger partial charge in [0.1, 0.15) is 0 Å². The lowest BCUT2D eigenvalue weighted by Crippen LogP contribution is -2.18. The van der Waals surface area contributed by atoms with Crippen LogP contribution in [0.2, 0.25) is 0 Å². The van der Waals surface area contributed by atoms with Crippen LogP contribution in [-0.2, 0) is 11.2 Å². The minimum atomic E-state index is -0.171. The molecule has 0 aliphatic heterocycles. The maximum atomic E-state index is 12.8. The molecule has 3 heterocycles. The lowest BCUT2D eigenvalue weighted by molar-refractivity contribution is -0.115. The number of aromatic nitrogens is 6. The normalized spacial score (nSPS) is 11.2. The van der Waals surface area contributed by atoms with Crippen LogP contribution in [0.3, 0.4) is 0 Å². The zero-order valence-corrected chi connectivity index (χ0v) is 17.2. The van der Waals surface area contributed by atoms with E-state index in [1.807, 2.05) is 44.4 Å². The Hall–Kier alpha value is -3.27. The predicted octanol–water partition coefficient (Wildman–Crippen LogP) is 3.00. The molecule has 0 fully saturated rings. The third kappa shape index (κ3) is 3.70. The van der Waals surface area contributed by atoms with Crippen LogP contribution in [0.4, 0.5) is 5.69 Å². The van der Waals surface area contributed by atoms with E-state index in [9.17, 15) is 4.79 Å². The van der Waals surface area contributed by atoms with Crippen molar-refractivity contribution in [3.05, 3.63) is 47.1 Å². The Morgan fingerprint density at radius 3 is 2.69 bits per heavy atom. The molecule has 0 saturated heterocycles. The molecule has 4 aromatic rings. The first-order chi connectivity index (χ1) is 14.0. The van der Waals surface area contributed by atoms with Crippen molar-refractivity contribution < 1.29 is 9.32 Å². The molecule has 3 aromatic heterocycles. The van der Waals surface area contributed by atoms with Gasteiger partial charge < -0.3 is 9.84 Å². The Bertz CT molecular complexity index is 1210. The van der Waals surface area contributed by atoms with Crippen LogP contribution in [0.1, 0.15) is 22.8 Å². The molecule has 0 aliphatic rings. The van der Waals surface area contributed by atoms with E-state index in [0.29, 0.717) is 33.9 Å². The Morgan fingerprint density at radius 1 is 1.17 bits per heavy atom. The van der Waals surface area contributed by atoms with Crippen molar-refractivity contribution in [1.82, 2.24) is 29.7 Å². The minimum Gasteiger partial charge on any atom is -0.339 e. The van der Waals surface area contributed by atoms with Crippen LogP contribution in [-0.4, -0.2) is 41.9 Å². The third-order valence-corrected chi connectivity index (χ3v) is 5.06. The van der Waals surface area contributed by atoms with Crippen LogP contribution in [0.5, 0.6) is 0 Å². The highest BCUT2D eigenvalue weighted by Gasteiger charge is 2.18. The number of aryl methyl sites for hydroxylation is 3. The summed E-state index contributed by atoms with van der Waals surface area (Å²) in [6.45, 7) is 5.51. The van der Waals surface area contributed by atoms with E-state index < -0.39 is 0 Å². The van der Waals surface area contributed by atoms with Crippen LogP contribution in [0.15, 0.2) is 33.9 Å². The number of nitrogens with zero attached hydrogens (tertiary/aromatic N) is 6. The fraction of sp³-hybridized carbons (Fsp3) is 0.263. The number of carbonyl (C=O) groups excluding carboxylic acids is 1. The summed E-state index contributed by atoms with van der Waals surface area (Å²) in [7, 11) is 0. The van der Waals surface area contributed by atoms with Crippen LogP contribution in [0, 0.1) is 20.8 Å². The molecule has 0 bridgehead atoms. The van der Waals surface area contributed by atoms with E-state index in [1.54, 1.807) is 11.4 Å². The largest absolute Gasteiger partial charge is 0.339 e. The Morgan fingerprint density at radius 2 is 1.97 bits per heavy atom. The van der Waals surface area contributed by atoms with Gasteiger partial charge in [0.05, 0.1) is 12.1 Å². The number of nitrogens with one attached hydrogen (secondary N) is 1. The van der Waals surface area contributed by atoms with Crippen molar-refractivity contribution in [1.29, 1.82) is 0 Å². The van der Waals surface area contributed by atoms with Gasteiger partial charge >= 0.3 is 0 Å². The van der Waals surface area contributed by atoms with E-state index in [-0.39, 0.29) is 12.3 Å². The molecule has 148 valence electrons. The summed E-state index contributed by atoms with van der Waals surface area (Å²) in [5.41, 5.74) is 3.74. The second-order valence-corrected chi connectivity index (χ2v) is 7.25. The Balaban J connectivity index is 1.61. The standard InChI is InChI=1S/C19H19N7O2S/c1-10-14(11(2)26-18(20-10)23-19(24-26)29-4)9-16(27)22-15-8-6-5-7-13(15)17-21-12(3)28-25-17/h5-8H,9H2,1-4H3,(H,22,27). The van der Waals surface area contributed by atoms with E-state index in [4.69, 9.17) is 4.52 Å². The van der Waals surface area contributed by atoms with Gasteiger partial charge in [-0.2, -0.15) is 9.97 Å². The molecule has 0 atom stereocenters. The molecule has 1 amide bonds. The van der Waals surface area contributed by atoms with Crippen molar-refractivity contribution in [3.63, 3.8) is 0 Å². The number of para-hydroxylation sites is 1. The second-order valence-electron chi connectivity index (χ2n) is 6.48. The lowest BCUT2D eigenvalue weighted by Gasteiger charge is -2.12. The third-order valence-electron chi connectivity index (χ3n) is 4.52. The molecule has 29 heavy (non-hydrogen) atoms. The van der Waals surface area contributed by atoms with Crippen molar-refractivity contribution in [2.75, 3.05) is 11.6 Å². The molecule has 0 saturated carbocycles. The fourth-order valence-electron chi connectivity index (χ4n) is 3.08. The number of carbonyl (C=O) groups is 1. The topological polar surface area (TPSA) is 111 Å². The first kappa shape index (κ1) is 19.1. The molecule has 0 radical (unpaired) electrons. The minimum absolute atomic E-state index is 0.161. The summed E-state index contributed by atoms with van der Waals surface area (Å²) in [5, 5.41) is 12.0. The van der Waals surface area contributed by atoms with Crippen molar-refractivity contribution >= 4 is 29.1 Å². The first-order valence-electron chi connectivity index (χ1n) is 8.92. The number of amides is 1. The number of rotatable bonds is 5. The van der Waals surface area contributed by atoms with E-state index >= 15 is 0 Å².